The predicted molar refractivity (Wildman–Crippen MR) is 112 cm³/mol. The number of nitrogens with zero attached hydrogens (tertiary/aromatic N) is 2. The Hall–Kier alpha value is -1.19. The molecule has 0 amide bonds. The van der Waals surface area contributed by atoms with Crippen LogP contribution >= 0.6 is 11.9 Å². The van der Waals surface area contributed by atoms with Gasteiger partial charge in [-0.15, -0.1) is 0 Å². The molecule has 1 saturated carbocycles. The van der Waals surface area contributed by atoms with Crippen molar-refractivity contribution in [1.82, 2.24) is 4.31 Å². The Bertz CT molecular complexity index is 571. The summed E-state index contributed by atoms with van der Waals surface area (Å²) in [5.74, 6) is 0. The third-order valence-electron chi connectivity index (χ3n) is 5.48. The highest BCUT2D eigenvalue weighted by atomic mass is 32.2. The van der Waals surface area contributed by atoms with Crippen LogP contribution in [0, 0.1) is 0 Å². The molecule has 0 heterocycles. The normalized spacial score (nSPS) is 17.4. The van der Waals surface area contributed by atoms with Crippen LogP contribution in [0.3, 0.4) is 0 Å². The van der Waals surface area contributed by atoms with Crippen molar-refractivity contribution in [2.45, 2.75) is 51.0 Å². The molecule has 0 saturated heterocycles. The summed E-state index contributed by atoms with van der Waals surface area (Å²) < 4.78 is 2.33. The van der Waals surface area contributed by atoms with Crippen LogP contribution in [0.5, 0.6) is 0 Å². The van der Waals surface area contributed by atoms with Gasteiger partial charge in [-0.05, 0) is 75.1 Å². The van der Waals surface area contributed by atoms with Crippen molar-refractivity contribution in [3.63, 3.8) is 0 Å². The van der Waals surface area contributed by atoms with Crippen LogP contribution in [0.25, 0.3) is 0 Å². The van der Waals surface area contributed by atoms with Crippen molar-refractivity contribution in [2.24, 2.45) is 0 Å². The Balaban J connectivity index is 1.59. The lowest BCUT2D eigenvalue weighted by molar-refractivity contribution is 0.511. The van der Waals surface area contributed by atoms with Crippen molar-refractivity contribution in [3.05, 3.63) is 53.6 Å². The van der Waals surface area contributed by atoms with E-state index in [1.807, 2.05) is 11.9 Å². The monoisotopic (exact) mass is 356 g/mol. The lowest BCUT2D eigenvalue weighted by Gasteiger charge is -2.31. The van der Waals surface area contributed by atoms with Crippen LogP contribution in [0.2, 0.25) is 0 Å². The molecule has 2 aliphatic rings. The smallest absolute Gasteiger partial charge is 0.0370 e. The molecule has 1 fully saturated rings. The first-order valence-corrected chi connectivity index (χ1v) is 10.9. The third kappa shape index (κ3) is 5.15. The largest absolute Gasteiger partial charge is 0.368 e. The third-order valence-corrected chi connectivity index (χ3v) is 6.29. The molecule has 0 atom stereocenters. The summed E-state index contributed by atoms with van der Waals surface area (Å²) in [5.41, 5.74) is 4.64. The minimum atomic E-state index is 0.645. The average molecular weight is 357 g/mol. The fourth-order valence-electron chi connectivity index (χ4n) is 4.03. The molecule has 0 bridgehead atoms. The lowest BCUT2D eigenvalue weighted by atomic mass is 10.0. The summed E-state index contributed by atoms with van der Waals surface area (Å²) in [4.78, 5) is 2.68. The number of fused-ring (bicyclic) bond motifs is 1. The van der Waals surface area contributed by atoms with E-state index in [4.69, 9.17) is 0 Å². The molecular weight excluding hydrogens is 324 g/mol. The average Bonchev–Trinajstić information content (AvgIpc) is 3.08. The molecule has 136 valence electrons. The Morgan fingerprint density at radius 3 is 2.20 bits per heavy atom. The summed E-state index contributed by atoms with van der Waals surface area (Å²) in [7, 11) is 2.18. The highest BCUT2D eigenvalue weighted by molar-refractivity contribution is 7.96. The molecule has 1 aromatic carbocycles. The van der Waals surface area contributed by atoms with E-state index in [-0.39, 0.29) is 0 Å². The Morgan fingerprint density at radius 1 is 0.920 bits per heavy atom. The quantitative estimate of drug-likeness (QED) is 0.415. The van der Waals surface area contributed by atoms with Crippen LogP contribution in [0.4, 0.5) is 5.69 Å². The summed E-state index contributed by atoms with van der Waals surface area (Å²) in [6.07, 6.45) is 15.9. The second kappa shape index (κ2) is 9.49. The van der Waals surface area contributed by atoms with Crippen LogP contribution in [-0.4, -0.2) is 36.7 Å². The summed E-state index contributed by atoms with van der Waals surface area (Å²) in [6.45, 7) is 2.37. The second-order valence-corrected chi connectivity index (χ2v) is 8.21. The van der Waals surface area contributed by atoms with Gasteiger partial charge in [0.05, 0.1) is 0 Å². The minimum absolute atomic E-state index is 0.645. The lowest BCUT2D eigenvalue weighted by Crippen LogP contribution is -2.34. The standard InChI is InChI=1S/C22H32N2S/c1-23(25-2)15-9-4-10-16-24(21-13-5-3-6-14-21)22-17-19-11-7-8-12-20(19)18-22/h3,5-6,11-14,22H,4,7-10,15-18H2,1-2H3. The molecule has 2 nitrogen and oxygen atoms in total. The molecule has 3 rings (SSSR count). The number of para-hydroxylation sites is 1. The van der Waals surface area contributed by atoms with Gasteiger partial charge in [-0.25, -0.2) is 0 Å². The van der Waals surface area contributed by atoms with E-state index >= 15 is 0 Å². The number of hydrogen-bond donors (Lipinski definition) is 0. The molecule has 0 N–H and O–H groups in total. The maximum Gasteiger partial charge on any atom is 0.0370 e. The molecule has 25 heavy (non-hydrogen) atoms. The molecule has 0 aromatic heterocycles. The first-order chi connectivity index (χ1) is 12.3. The highest BCUT2D eigenvalue weighted by Gasteiger charge is 2.29. The first kappa shape index (κ1) is 18.6. The van der Waals surface area contributed by atoms with Crippen molar-refractivity contribution < 1.29 is 0 Å². The predicted octanol–water partition coefficient (Wildman–Crippen LogP) is 5.68. The molecule has 2 aliphatic carbocycles. The second-order valence-electron chi connectivity index (χ2n) is 7.22. The van der Waals surface area contributed by atoms with Gasteiger partial charge in [-0.1, -0.05) is 48.7 Å². The number of benzene rings is 1. The first-order valence-electron chi connectivity index (χ1n) is 9.73. The van der Waals surface area contributed by atoms with Gasteiger partial charge in [-0.2, -0.15) is 0 Å². The van der Waals surface area contributed by atoms with Gasteiger partial charge in [0.25, 0.3) is 0 Å². The molecule has 0 radical (unpaired) electrons. The van der Waals surface area contributed by atoms with Gasteiger partial charge in [0.2, 0.25) is 0 Å². The SMILES string of the molecule is CSN(C)CCCCCN(c1ccccc1)C1CC2=CCCC=C2C1. The van der Waals surface area contributed by atoms with E-state index in [9.17, 15) is 0 Å². The fraction of sp³-hybridized carbons (Fsp3) is 0.545. The summed E-state index contributed by atoms with van der Waals surface area (Å²) in [5, 5.41) is 0. The van der Waals surface area contributed by atoms with Gasteiger partial charge in [-0.3, -0.25) is 4.31 Å². The molecule has 1 aromatic rings. The zero-order valence-corrected chi connectivity index (χ0v) is 16.6. The molecule has 0 aliphatic heterocycles. The van der Waals surface area contributed by atoms with Gasteiger partial charge >= 0.3 is 0 Å². The van der Waals surface area contributed by atoms with Crippen molar-refractivity contribution >= 4 is 17.6 Å². The van der Waals surface area contributed by atoms with E-state index in [0.717, 1.165) is 0 Å². The van der Waals surface area contributed by atoms with Crippen molar-refractivity contribution in [2.75, 3.05) is 31.3 Å². The number of rotatable bonds is 9. The van der Waals surface area contributed by atoms with Gasteiger partial charge < -0.3 is 4.90 Å². The molecular formula is C22H32N2S. The molecule has 3 heteroatoms. The molecule has 0 unspecified atom stereocenters. The Morgan fingerprint density at radius 2 is 1.56 bits per heavy atom. The van der Waals surface area contributed by atoms with Crippen LogP contribution < -0.4 is 4.90 Å². The van der Waals surface area contributed by atoms with Crippen molar-refractivity contribution in [1.29, 1.82) is 0 Å². The number of unbranched alkanes of at least 4 members (excludes halogenated alkanes) is 2. The maximum absolute atomic E-state index is 2.68. The van der Waals surface area contributed by atoms with E-state index in [1.54, 1.807) is 11.1 Å². The van der Waals surface area contributed by atoms with Crippen molar-refractivity contribution in [3.8, 4) is 0 Å². The Labute approximate surface area is 158 Å². The number of allylic oxidation sites excluding steroid dienone is 2. The minimum Gasteiger partial charge on any atom is -0.368 e. The Kier molecular flexibility index (Phi) is 7.06. The van der Waals surface area contributed by atoms with Crippen LogP contribution in [0.15, 0.2) is 53.6 Å². The van der Waals surface area contributed by atoms with Crippen LogP contribution in [-0.2, 0) is 0 Å². The van der Waals surface area contributed by atoms with E-state index in [2.05, 4.69) is 65.0 Å². The molecule has 0 spiro atoms. The summed E-state index contributed by atoms with van der Waals surface area (Å²) in [6, 6.07) is 11.7. The highest BCUT2D eigenvalue weighted by Crippen LogP contribution is 2.38. The number of anilines is 1. The zero-order chi connectivity index (χ0) is 17.5. The fourth-order valence-corrected chi connectivity index (χ4v) is 4.34. The van der Waals surface area contributed by atoms with Crippen LogP contribution in [0.1, 0.15) is 44.9 Å². The number of hydrogen-bond acceptors (Lipinski definition) is 3. The van der Waals surface area contributed by atoms with E-state index in [0.29, 0.717) is 6.04 Å². The van der Waals surface area contributed by atoms with Gasteiger partial charge in [0.1, 0.15) is 0 Å². The van der Waals surface area contributed by atoms with E-state index in [1.165, 1.54) is 63.7 Å². The topological polar surface area (TPSA) is 6.48 Å². The summed E-state index contributed by atoms with van der Waals surface area (Å²) >= 11 is 1.83. The zero-order valence-electron chi connectivity index (χ0n) is 15.8. The van der Waals surface area contributed by atoms with Gasteiger partial charge in [0, 0.05) is 24.8 Å². The maximum atomic E-state index is 2.68. The van der Waals surface area contributed by atoms with E-state index < -0.39 is 0 Å². The van der Waals surface area contributed by atoms with Gasteiger partial charge in [0.15, 0.2) is 0 Å².